The third-order valence-electron chi connectivity index (χ3n) is 6.94. The average Bonchev–Trinajstić information content (AvgIpc) is 2.91. The molecule has 0 spiro atoms. The average molecular weight is 572 g/mol. The van der Waals surface area contributed by atoms with Crippen LogP contribution in [0, 0.1) is 0 Å². The molecule has 0 aliphatic carbocycles. The number of piperidine rings is 1. The maximum Gasteiger partial charge on any atom is 0.216 e. The largest absolute Gasteiger partial charge is 0.395 e. The molecule has 1 fully saturated rings. The predicted molar refractivity (Wildman–Crippen MR) is 152 cm³/mol. The molecule has 0 saturated carbocycles. The number of benzene rings is 3. The van der Waals surface area contributed by atoms with Gasteiger partial charge in [0.15, 0.2) is 0 Å². The molecular weight excluding hydrogens is 543 g/mol. The van der Waals surface area contributed by atoms with Crippen molar-refractivity contribution in [1.29, 1.82) is 0 Å². The van der Waals surface area contributed by atoms with Gasteiger partial charge in [-0.25, -0.2) is 22.7 Å². The number of rotatable bonds is 8. The van der Waals surface area contributed by atoms with Crippen LogP contribution < -0.4 is 5.32 Å². The normalized spacial score (nSPS) is 15.3. The third kappa shape index (κ3) is 5.95. The van der Waals surface area contributed by atoms with Crippen LogP contribution in [-0.2, 0) is 10.0 Å². The Bertz CT molecular complexity index is 1460. The summed E-state index contributed by atoms with van der Waals surface area (Å²) < 4.78 is 26.1. The van der Waals surface area contributed by atoms with Crippen molar-refractivity contribution < 1.29 is 13.5 Å². The molecule has 1 aliphatic heterocycles. The lowest BCUT2D eigenvalue weighted by molar-refractivity contribution is 0.303. The lowest BCUT2D eigenvalue weighted by Crippen LogP contribution is -2.43. The lowest BCUT2D eigenvalue weighted by Gasteiger charge is -2.32. The van der Waals surface area contributed by atoms with E-state index < -0.39 is 10.0 Å². The van der Waals surface area contributed by atoms with Crippen LogP contribution in [-0.4, -0.2) is 59.3 Å². The molecule has 2 heterocycles. The van der Waals surface area contributed by atoms with Crippen LogP contribution in [0.1, 0.15) is 35.4 Å². The zero-order valence-corrected chi connectivity index (χ0v) is 22.9. The highest BCUT2D eigenvalue weighted by Gasteiger charge is 2.28. The Labute approximate surface area is 232 Å². The van der Waals surface area contributed by atoms with Crippen molar-refractivity contribution in [2.75, 3.05) is 30.8 Å². The molecule has 1 saturated heterocycles. The second kappa shape index (κ2) is 11.6. The number of halogens is 2. The molecule has 0 bridgehead atoms. The van der Waals surface area contributed by atoms with Gasteiger partial charge in [0.05, 0.1) is 17.9 Å². The Kier molecular flexibility index (Phi) is 8.16. The Balaban J connectivity index is 1.45. The second-order valence-corrected chi connectivity index (χ2v) is 12.4. The van der Waals surface area contributed by atoms with Gasteiger partial charge in [0.2, 0.25) is 10.0 Å². The third-order valence-corrected chi connectivity index (χ3v) is 9.29. The van der Waals surface area contributed by atoms with Crippen molar-refractivity contribution in [3.05, 3.63) is 99.8 Å². The molecule has 2 N–H and O–H groups in total. The molecule has 38 heavy (non-hydrogen) atoms. The highest BCUT2D eigenvalue weighted by atomic mass is 35.5. The number of aliphatic hydroxyl groups is 1. The van der Waals surface area contributed by atoms with E-state index in [4.69, 9.17) is 28.3 Å². The van der Waals surface area contributed by atoms with Crippen LogP contribution in [0.4, 0.5) is 5.82 Å². The summed E-state index contributed by atoms with van der Waals surface area (Å²) in [5, 5.41) is 14.9. The maximum atomic E-state index is 12.3. The van der Waals surface area contributed by atoms with Gasteiger partial charge in [-0.15, -0.1) is 0 Å². The van der Waals surface area contributed by atoms with Gasteiger partial charge in [0.1, 0.15) is 12.1 Å². The first-order chi connectivity index (χ1) is 18.3. The van der Waals surface area contributed by atoms with E-state index in [1.54, 1.807) is 6.33 Å². The van der Waals surface area contributed by atoms with Gasteiger partial charge in [-0.1, -0.05) is 53.5 Å². The minimum absolute atomic E-state index is 0.0537. The molecule has 0 atom stereocenters. The molecule has 5 rings (SSSR count). The van der Waals surface area contributed by atoms with Crippen molar-refractivity contribution in [2.45, 2.75) is 24.8 Å². The van der Waals surface area contributed by atoms with E-state index in [-0.39, 0.29) is 24.3 Å². The van der Waals surface area contributed by atoms with Crippen LogP contribution in [0.3, 0.4) is 0 Å². The monoisotopic (exact) mass is 570 g/mol. The number of hydrogen-bond acceptors (Lipinski definition) is 6. The number of anilines is 1. The van der Waals surface area contributed by atoms with E-state index in [0.29, 0.717) is 36.0 Å². The Morgan fingerprint density at radius 2 is 1.47 bits per heavy atom. The molecule has 0 radical (unpaired) electrons. The molecule has 1 aliphatic rings. The first kappa shape index (κ1) is 26.8. The molecule has 0 amide bonds. The Morgan fingerprint density at radius 3 is 2.05 bits per heavy atom. The van der Waals surface area contributed by atoms with Crippen molar-refractivity contribution in [3.63, 3.8) is 0 Å². The van der Waals surface area contributed by atoms with Gasteiger partial charge < -0.3 is 10.4 Å². The number of sulfonamides is 1. The van der Waals surface area contributed by atoms with Crippen molar-refractivity contribution in [3.8, 4) is 0 Å². The van der Waals surface area contributed by atoms with E-state index in [2.05, 4.69) is 27.4 Å². The maximum absolute atomic E-state index is 12.3. The van der Waals surface area contributed by atoms with Crippen LogP contribution >= 0.6 is 23.2 Å². The molecule has 7 nitrogen and oxygen atoms in total. The van der Waals surface area contributed by atoms with Crippen molar-refractivity contribution in [2.24, 2.45) is 0 Å². The molecule has 1 aromatic heterocycles. The molecular formula is C28H28Cl2N4O3S. The van der Waals surface area contributed by atoms with Gasteiger partial charge in [-0.05, 0) is 65.9 Å². The van der Waals surface area contributed by atoms with Crippen molar-refractivity contribution in [1.82, 2.24) is 14.3 Å². The highest BCUT2D eigenvalue weighted by Crippen LogP contribution is 2.35. The van der Waals surface area contributed by atoms with Gasteiger partial charge in [-0.2, -0.15) is 0 Å². The zero-order chi connectivity index (χ0) is 26.7. The number of nitrogens with one attached hydrogen (secondary N) is 1. The quantitative estimate of drug-likeness (QED) is 0.278. The fourth-order valence-electron chi connectivity index (χ4n) is 4.97. The summed E-state index contributed by atoms with van der Waals surface area (Å²) in [5.74, 6) is 0.425. The first-order valence-electron chi connectivity index (χ1n) is 12.4. The summed E-state index contributed by atoms with van der Waals surface area (Å²) in [5.41, 5.74) is 4.09. The summed E-state index contributed by atoms with van der Waals surface area (Å²) in [6.45, 7) is 0.440. The van der Waals surface area contributed by atoms with E-state index >= 15 is 0 Å². The Hall–Kier alpha value is -2.75. The number of hydrogen-bond donors (Lipinski definition) is 2. The summed E-state index contributed by atoms with van der Waals surface area (Å²) in [6.07, 6.45) is 2.84. The fraction of sp³-hybridized carbons (Fsp3) is 0.286. The fourth-order valence-corrected chi connectivity index (χ4v) is 6.48. The smallest absolute Gasteiger partial charge is 0.216 e. The topological polar surface area (TPSA) is 95.4 Å². The zero-order valence-electron chi connectivity index (χ0n) is 20.6. The number of aromatic nitrogens is 2. The molecule has 3 aromatic carbocycles. The van der Waals surface area contributed by atoms with E-state index in [1.807, 2.05) is 54.6 Å². The predicted octanol–water partition coefficient (Wildman–Crippen LogP) is 5.32. The number of nitrogens with zero attached hydrogens (tertiary/aromatic N) is 3. The van der Waals surface area contributed by atoms with Crippen molar-refractivity contribution >= 4 is 49.9 Å². The van der Waals surface area contributed by atoms with Gasteiger partial charge >= 0.3 is 0 Å². The van der Waals surface area contributed by atoms with E-state index in [0.717, 1.165) is 33.4 Å². The van der Waals surface area contributed by atoms with Gasteiger partial charge in [0.25, 0.3) is 0 Å². The van der Waals surface area contributed by atoms with Gasteiger partial charge in [-0.3, -0.25) is 0 Å². The summed E-state index contributed by atoms with van der Waals surface area (Å²) in [6, 6.07) is 22.0. The number of aliphatic hydroxyl groups excluding tert-OH is 1. The highest BCUT2D eigenvalue weighted by molar-refractivity contribution is 7.89. The molecule has 198 valence electrons. The number of fused-ring (bicyclic) bond motifs is 1. The molecule has 10 heteroatoms. The summed E-state index contributed by atoms with van der Waals surface area (Å²) in [4.78, 5) is 9.02. The standard InChI is InChI=1S/C28H28Cl2N4O3S/c29-22-6-1-19(2-7-22)27(20-3-8-23(30)9-4-20)21-5-10-26-25(17-21)28(32-18-31-26)33-24-11-13-34(14-12-24)38(36,37)16-15-35/h1-10,17-18,24,27,35H,11-16H2,(H,31,32,33). The lowest BCUT2D eigenvalue weighted by atomic mass is 9.84. The summed E-state index contributed by atoms with van der Waals surface area (Å²) >= 11 is 12.4. The minimum atomic E-state index is -3.42. The molecule has 4 aromatic rings. The van der Waals surface area contributed by atoms with Crippen LogP contribution in [0.2, 0.25) is 10.0 Å². The second-order valence-electron chi connectivity index (χ2n) is 9.39. The SMILES string of the molecule is O=S(=O)(CCO)N1CCC(Nc2ncnc3ccc(C(c4ccc(Cl)cc4)c4ccc(Cl)cc4)cc23)CC1. The molecule has 0 unspecified atom stereocenters. The van der Waals surface area contributed by atoms with Crippen LogP contribution in [0.5, 0.6) is 0 Å². The van der Waals surface area contributed by atoms with Crippen LogP contribution in [0.25, 0.3) is 10.9 Å². The van der Waals surface area contributed by atoms with E-state index in [1.165, 1.54) is 4.31 Å². The van der Waals surface area contributed by atoms with Gasteiger partial charge in [0, 0.05) is 40.5 Å². The minimum Gasteiger partial charge on any atom is -0.395 e. The van der Waals surface area contributed by atoms with Crippen LogP contribution in [0.15, 0.2) is 73.1 Å². The Morgan fingerprint density at radius 1 is 0.895 bits per heavy atom. The summed E-state index contributed by atoms with van der Waals surface area (Å²) in [7, 11) is -3.42. The van der Waals surface area contributed by atoms with E-state index in [9.17, 15) is 8.42 Å². The first-order valence-corrected chi connectivity index (χ1v) is 14.8.